The van der Waals surface area contributed by atoms with Crippen LogP contribution in [-0.2, 0) is 6.54 Å². The minimum Gasteiger partial charge on any atom is -0.354 e. The van der Waals surface area contributed by atoms with Crippen LogP contribution in [0.4, 0.5) is 0 Å². The highest BCUT2D eigenvalue weighted by molar-refractivity contribution is 5.18. The van der Waals surface area contributed by atoms with E-state index in [4.69, 9.17) is 0 Å². The Morgan fingerprint density at radius 2 is 1.95 bits per heavy atom. The van der Waals surface area contributed by atoms with Gasteiger partial charge in [-0.3, -0.25) is 0 Å². The Morgan fingerprint density at radius 1 is 1.15 bits per heavy atom. The van der Waals surface area contributed by atoms with Gasteiger partial charge in [0.25, 0.3) is 0 Å². The number of hydrogen-bond donors (Lipinski definition) is 1. The molecule has 1 fully saturated rings. The van der Waals surface area contributed by atoms with Gasteiger partial charge in [0.1, 0.15) is 0 Å². The maximum Gasteiger partial charge on any atom is 0.0363 e. The van der Waals surface area contributed by atoms with Crippen LogP contribution in [0.25, 0.3) is 0 Å². The fourth-order valence-electron chi connectivity index (χ4n) is 2.97. The zero-order chi connectivity index (χ0) is 14.2. The summed E-state index contributed by atoms with van der Waals surface area (Å²) in [4.78, 5) is 0. The molecule has 1 atom stereocenters. The average molecular weight is 276 g/mol. The number of aromatic nitrogens is 1. The molecule has 1 aromatic heterocycles. The third-order valence-corrected chi connectivity index (χ3v) is 4.36. The van der Waals surface area contributed by atoms with Crippen LogP contribution in [-0.4, -0.2) is 11.1 Å². The molecule has 0 radical (unpaired) electrons. The number of rotatable bonds is 11. The van der Waals surface area contributed by atoms with Gasteiger partial charge in [-0.15, -0.1) is 0 Å². The molecule has 20 heavy (non-hydrogen) atoms. The van der Waals surface area contributed by atoms with Gasteiger partial charge in [-0.2, -0.15) is 0 Å². The molecule has 2 heteroatoms. The summed E-state index contributed by atoms with van der Waals surface area (Å²) in [6.45, 7) is 6.86. The molecule has 1 saturated carbocycles. The number of nitrogens with zero attached hydrogens (tertiary/aromatic N) is 1. The molecule has 2 rings (SSSR count). The second kappa shape index (κ2) is 8.51. The lowest BCUT2D eigenvalue weighted by Crippen LogP contribution is -2.23. The van der Waals surface area contributed by atoms with E-state index >= 15 is 0 Å². The lowest BCUT2D eigenvalue weighted by atomic mass is 10.1. The summed E-state index contributed by atoms with van der Waals surface area (Å²) < 4.78 is 2.39. The van der Waals surface area contributed by atoms with Crippen LogP contribution in [0.1, 0.15) is 76.8 Å². The zero-order valence-corrected chi connectivity index (χ0v) is 13.4. The van der Waals surface area contributed by atoms with Crippen LogP contribution in [0.2, 0.25) is 0 Å². The summed E-state index contributed by atoms with van der Waals surface area (Å²) in [7, 11) is 0. The molecular weight excluding hydrogens is 244 g/mol. The van der Waals surface area contributed by atoms with E-state index in [0.29, 0.717) is 6.04 Å². The first kappa shape index (κ1) is 15.6. The van der Waals surface area contributed by atoms with Gasteiger partial charge < -0.3 is 9.88 Å². The van der Waals surface area contributed by atoms with Gasteiger partial charge in [0.2, 0.25) is 0 Å². The van der Waals surface area contributed by atoms with E-state index in [1.54, 1.807) is 0 Å². The Labute approximate surface area is 125 Å². The summed E-state index contributed by atoms with van der Waals surface area (Å²) in [5, 5.41) is 3.73. The van der Waals surface area contributed by atoms with Gasteiger partial charge >= 0.3 is 0 Å². The van der Waals surface area contributed by atoms with Crippen LogP contribution < -0.4 is 5.32 Å². The van der Waals surface area contributed by atoms with Crippen molar-refractivity contribution in [2.45, 2.75) is 77.8 Å². The molecule has 1 aromatic rings. The highest BCUT2D eigenvalue weighted by atomic mass is 15.0. The first-order chi connectivity index (χ1) is 9.85. The quantitative estimate of drug-likeness (QED) is 0.568. The molecule has 1 heterocycles. The van der Waals surface area contributed by atoms with Crippen LogP contribution in [0, 0.1) is 5.92 Å². The minimum absolute atomic E-state index is 0.608. The van der Waals surface area contributed by atoms with E-state index < -0.39 is 0 Å². The van der Waals surface area contributed by atoms with Crippen LogP contribution in [0.3, 0.4) is 0 Å². The van der Waals surface area contributed by atoms with Crippen molar-refractivity contribution in [3.05, 3.63) is 24.0 Å². The smallest absolute Gasteiger partial charge is 0.0363 e. The highest BCUT2D eigenvalue weighted by Crippen LogP contribution is 2.41. The Morgan fingerprint density at radius 3 is 2.65 bits per heavy atom. The highest BCUT2D eigenvalue weighted by Gasteiger charge is 2.32. The molecule has 0 bridgehead atoms. The van der Waals surface area contributed by atoms with Gasteiger partial charge in [0, 0.05) is 25.0 Å². The maximum atomic E-state index is 3.73. The zero-order valence-electron chi connectivity index (χ0n) is 13.4. The van der Waals surface area contributed by atoms with Gasteiger partial charge in [-0.1, -0.05) is 39.5 Å². The van der Waals surface area contributed by atoms with E-state index in [-0.39, 0.29) is 0 Å². The Hall–Kier alpha value is -0.760. The lowest BCUT2D eigenvalue weighted by Gasteiger charge is -2.16. The molecule has 2 nitrogen and oxygen atoms in total. The predicted molar refractivity (Wildman–Crippen MR) is 86.9 cm³/mol. The van der Waals surface area contributed by atoms with E-state index in [1.807, 2.05) is 0 Å². The number of nitrogens with one attached hydrogen (secondary N) is 1. The molecule has 1 aliphatic carbocycles. The first-order valence-electron chi connectivity index (χ1n) is 8.74. The van der Waals surface area contributed by atoms with E-state index in [2.05, 4.69) is 42.2 Å². The normalized spacial score (nSPS) is 16.5. The van der Waals surface area contributed by atoms with E-state index in [9.17, 15) is 0 Å². The van der Waals surface area contributed by atoms with Crippen molar-refractivity contribution < 1.29 is 0 Å². The van der Waals surface area contributed by atoms with Crippen molar-refractivity contribution in [3.8, 4) is 0 Å². The van der Waals surface area contributed by atoms with Crippen molar-refractivity contribution in [1.29, 1.82) is 0 Å². The summed E-state index contributed by atoms with van der Waals surface area (Å²) >= 11 is 0. The molecule has 0 saturated heterocycles. The topological polar surface area (TPSA) is 17.0 Å². The molecule has 114 valence electrons. The van der Waals surface area contributed by atoms with Crippen molar-refractivity contribution in [2.75, 3.05) is 6.54 Å². The molecule has 0 aliphatic heterocycles. The van der Waals surface area contributed by atoms with Crippen molar-refractivity contribution in [3.63, 3.8) is 0 Å². The maximum absolute atomic E-state index is 3.73. The van der Waals surface area contributed by atoms with Crippen LogP contribution in [0.15, 0.2) is 18.5 Å². The largest absolute Gasteiger partial charge is 0.354 e. The average Bonchev–Trinajstić information content (AvgIpc) is 3.18. The molecule has 1 N–H and O–H groups in total. The minimum atomic E-state index is 0.608. The van der Waals surface area contributed by atoms with Gasteiger partial charge in [-0.05, 0) is 49.8 Å². The molecule has 1 unspecified atom stereocenters. The first-order valence-corrected chi connectivity index (χ1v) is 8.74. The summed E-state index contributed by atoms with van der Waals surface area (Å²) in [5.74, 6) is 0.891. The number of aryl methyl sites for hydroxylation is 1. The standard InChI is InChI=1S/C18H32N2/c1-3-5-6-7-8-13-20-14-11-17(15-20)18(16-9-10-16)19-12-4-2/h11,14-16,18-19H,3-10,12-13H2,1-2H3. The van der Waals surface area contributed by atoms with Gasteiger partial charge in [0.15, 0.2) is 0 Å². The second-order valence-electron chi connectivity index (χ2n) is 6.37. The summed E-state index contributed by atoms with van der Waals surface area (Å²) in [5.41, 5.74) is 1.51. The second-order valence-corrected chi connectivity index (χ2v) is 6.37. The molecular formula is C18H32N2. The fourth-order valence-corrected chi connectivity index (χ4v) is 2.97. The fraction of sp³-hybridized carbons (Fsp3) is 0.778. The van der Waals surface area contributed by atoms with Crippen molar-refractivity contribution in [2.24, 2.45) is 5.92 Å². The Balaban J connectivity index is 1.77. The van der Waals surface area contributed by atoms with E-state index in [1.165, 1.54) is 63.5 Å². The van der Waals surface area contributed by atoms with E-state index in [0.717, 1.165) is 12.5 Å². The summed E-state index contributed by atoms with van der Waals surface area (Å²) in [6.07, 6.45) is 15.5. The third-order valence-electron chi connectivity index (χ3n) is 4.36. The number of hydrogen-bond acceptors (Lipinski definition) is 1. The molecule has 0 aromatic carbocycles. The monoisotopic (exact) mass is 276 g/mol. The molecule has 0 spiro atoms. The van der Waals surface area contributed by atoms with Gasteiger partial charge in [0.05, 0.1) is 0 Å². The van der Waals surface area contributed by atoms with Gasteiger partial charge in [-0.25, -0.2) is 0 Å². The predicted octanol–water partition coefficient (Wildman–Crippen LogP) is 4.91. The molecule has 0 amide bonds. The van der Waals surface area contributed by atoms with Crippen LogP contribution >= 0.6 is 0 Å². The Kier molecular flexibility index (Phi) is 6.65. The van der Waals surface area contributed by atoms with Crippen molar-refractivity contribution in [1.82, 2.24) is 9.88 Å². The van der Waals surface area contributed by atoms with Crippen molar-refractivity contribution >= 4 is 0 Å². The number of unbranched alkanes of at least 4 members (excludes halogenated alkanes) is 4. The molecule has 1 aliphatic rings. The lowest BCUT2D eigenvalue weighted by molar-refractivity contribution is 0.479. The SMILES string of the molecule is CCCCCCCn1ccc(C(NCCC)C2CC2)c1. The van der Waals surface area contributed by atoms with Crippen LogP contribution in [0.5, 0.6) is 0 Å². The Bertz CT molecular complexity index is 365. The third kappa shape index (κ3) is 4.97. The summed E-state index contributed by atoms with van der Waals surface area (Å²) in [6, 6.07) is 2.94.